The van der Waals surface area contributed by atoms with E-state index in [0.29, 0.717) is 0 Å². The first-order valence-electron chi connectivity index (χ1n) is 10.7. The summed E-state index contributed by atoms with van der Waals surface area (Å²) >= 11 is 0. The van der Waals surface area contributed by atoms with Crippen molar-refractivity contribution >= 4 is 0 Å². The lowest BCUT2D eigenvalue weighted by Crippen LogP contribution is -1.97. The normalized spacial score (nSPS) is 10.8. The second-order valence-corrected chi connectivity index (χ2v) is 7.58. The Balaban J connectivity index is 1.51. The summed E-state index contributed by atoms with van der Waals surface area (Å²) in [5.74, 6) is 0.966. The van der Waals surface area contributed by atoms with Gasteiger partial charge in [0, 0.05) is 0 Å². The summed E-state index contributed by atoms with van der Waals surface area (Å²) in [5.41, 5.74) is 6.26. The first-order chi connectivity index (χ1) is 13.8. The molecule has 0 aliphatic rings. The largest absolute Gasteiger partial charge is 0.494 e. The molecule has 1 heteroatoms. The summed E-state index contributed by atoms with van der Waals surface area (Å²) < 4.78 is 5.89. The highest BCUT2D eigenvalue weighted by Crippen LogP contribution is 2.26. The number of aryl methyl sites for hydroxylation is 1. The van der Waals surface area contributed by atoms with E-state index >= 15 is 0 Å². The minimum Gasteiger partial charge on any atom is -0.494 e. The molecule has 146 valence electrons. The van der Waals surface area contributed by atoms with Gasteiger partial charge >= 0.3 is 0 Å². The van der Waals surface area contributed by atoms with Crippen molar-refractivity contribution in [1.29, 1.82) is 0 Å². The smallest absolute Gasteiger partial charge is 0.119 e. The molecule has 0 N–H and O–H groups in total. The Morgan fingerprint density at radius 1 is 0.536 bits per heavy atom. The van der Waals surface area contributed by atoms with E-state index in [0.717, 1.165) is 18.8 Å². The fourth-order valence-corrected chi connectivity index (χ4v) is 3.42. The van der Waals surface area contributed by atoms with Gasteiger partial charge in [0.2, 0.25) is 0 Å². The van der Waals surface area contributed by atoms with E-state index in [2.05, 4.69) is 86.6 Å². The molecule has 0 radical (unpaired) electrons. The summed E-state index contributed by atoms with van der Waals surface area (Å²) in [7, 11) is 0. The zero-order valence-electron chi connectivity index (χ0n) is 17.3. The van der Waals surface area contributed by atoms with E-state index in [9.17, 15) is 0 Å². The molecule has 0 amide bonds. The van der Waals surface area contributed by atoms with Gasteiger partial charge in [-0.2, -0.15) is 0 Å². The lowest BCUT2D eigenvalue weighted by atomic mass is 10.00. The molecule has 3 rings (SSSR count). The van der Waals surface area contributed by atoms with Gasteiger partial charge in [-0.15, -0.1) is 0 Å². The van der Waals surface area contributed by atoms with Crippen LogP contribution in [0.1, 0.15) is 51.0 Å². The van der Waals surface area contributed by atoms with Crippen molar-refractivity contribution in [3.05, 3.63) is 78.4 Å². The number of ether oxygens (including phenoxy) is 1. The summed E-state index contributed by atoms with van der Waals surface area (Å²) in [4.78, 5) is 0. The Hall–Kier alpha value is -2.54. The first kappa shape index (κ1) is 20.2. The van der Waals surface area contributed by atoms with Crippen LogP contribution in [0.15, 0.2) is 72.8 Å². The average Bonchev–Trinajstić information content (AvgIpc) is 2.74. The zero-order valence-corrected chi connectivity index (χ0v) is 17.3. The zero-order chi connectivity index (χ0) is 19.6. The van der Waals surface area contributed by atoms with Gasteiger partial charge in [-0.25, -0.2) is 0 Å². The number of unbranched alkanes of at least 4 members (excludes halogenated alkanes) is 5. The highest BCUT2D eigenvalue weighted by molar-refractivity contribution is 5.70. The van der Waals surface area contributed by atoms with Gasteiger partial charge in [0.25, 0.3) is 0 Å². The third kappa shape index (κ3) is 5.99. The number of hydrogen-bond donors (Lipinski definition) is 0. The van der Waals surface area contributed by atoms with E-state index in [-0.39, 0.29) is 0 Å². The van der Waals surface area contributed by atoms with Crippen molar-refractivity contribution in [3.8, 4) is 28.0 Å². The second-order valence-electron chi connectivity index (χ2n) is 7.58. The molecule has 0 saturated carbocycles. The molecule has 3 aromatic carbocycles. The molecule has 0 aliphatic carbocycles. The van der Waals surface area contributed by atoms with Crippen LogP contribution in [-0.4, -0.2) is 6.61 Å². The van der Waals surface area contributed by atoms with Crippen LogP contribution in [0.4, 0.5) is 0 Å². The minimum absolute atomic E-state index is 0.816. The Kier molecular flexibility index (Phi) is 7.72. The third-order valence-corrected chi connectivity index (χ3v) is 5.22. The molecular formula is C27H32O. The van der Waals surface area contributed by atoms with Crippen LogP contribution in [0.25, 0.3) is 22.3 Å². The van der Waals surface area contributed by atoms with Crippen molar-refractivity contribution in [2.75, 3.05) is 6.61 Å². The molecule has 0 spiro atoms. The molecule has 3 aromatic rings. The third-order valence-electron chi connectivity index (χ3n) is 5.22. The van der Waals surface area contributed by atoms with Gasteiger partial charge in [0.05, 0.1) is 6.61 Å². The van der Waals surface area contributed by atoms with Gasteiger partial charge in [0.15, 0.2) is 0 Å². The van der Waals surface area contributed by atoms with Crippen LogP contribution in [0.5, 0.6) is 5.75 Å². The van der Waals surface area contributed by atoms with Gasteiger partial charge in [0.1, 0.15) is 5.75 Å². The Labute approximate surface area is 170 Å². The van der Waals surface area contributed by atoms with E-state index in [1.807, 2.05) is 0 Å². The Bertz CT molecular complexity index is 814. The number of benzene rings is 3. The van der Waals surface area contributed by atoms with Gasteiger partial charge in [-0.05, 0) is 47.7 Å². The molecule has 0 aliphatic heterocycles. The van der Waals surface area contributed by atoms with Crippen LogP contribution >= 0.6 is 0 Å². The SMILES string of the molecule is CCCCCCCCOc1ccc(-c2ccc(-c3ccc(C)cc3)cc2)cc1. The summed E-state index contributed by atoms with van der Waals surface area (Å²) in [6, 6.07) is 25.9. The predicted octanol–water partition coefficient (Wildman–Crippen LogP) is 8.07. The van der Waals surface area contributed by atoms with Crippen LogP contribution in [0.2, 0.25) is 0 Å². The maximum Gasteiger partial charge on any atom is 0.119 e. The van der Waals surface area contributed by atoms with E-state index in [1.54, 1.807) is 0 Å². The molecule has 0 heterocycles. The standard InChI is InChI=1S/C27H32O/c1-3-4-5-6-7-8-21-28-27-19-17-26(18-20-27)25-15-13-24(14-16-25)23-11-9-22(2)10-12-23/h9-20H,3-8,21H2,1-2H3. The Morgan fingerprint density at radius 3 is 1.50 bits per heavy atom. The number of hydrogen-bond acceptors (Lipinski definition) is 1. The molecule has 0 bridgehead atoms. The maximum atomic E-state index is 5.89. The quantitative estimate of drug-likeness (QED) is 0.327. The van der Waals surface area contributed by atoms with Gasteiger partial charge < -0.3 is 4.74 Å². The number of rotatable bonds is 10. The van der Waals surface area contributed by atoms with Crippen molar-refractivity contribution < 1.29 is 4.74 Å². The molecule has 1 nitrogen and oxygen atoms in total. The average molecular weight is 373 g/mol. The lowest BCUT2D eigenvalue weighted by molar-refractivity contribution is 0.304. The van der Waals surface area contributed by atoms with E-state index in [4.69, 9.17) is 4.74 Å². The first-order valence-corrected chi connectivity index (χ1v) is 10.7. The lowest BCUT2D eigenvalue weighted by Gasteiger charge is -2.08. The molecule has 28 heavy (non-hydrogen) atoms. The van der Waals surface area contributed by atoms with Crippen LogP contribution < -0.4 is 4.74 Å². The predicted molar refractivity (Wildman–Crippen MR) is 121 cm³/mol. The second kappa shape index (κ2) is 10.7. The van der Waals surface area contributed by atoms with Crippen molar-refractivity contribution in [2.45, 2.75) is 52.4 Å². The molecule has 0 fully saturated rings. The fraction of sp³-hybridized carbons (Fsp3) is 0.333. The Morgan fingerprint density at radius 2 is 0.964 bits per heavy atom. The summed E-state index contributed by atoms with van der Waals surface area (Å²) in [6.45, 7) is 5.19. The van der Waals surface area contributed by atoms with Crippen molar-refractivity contribution in [1.82, 2.24) is 0 Å². The molecule has 0 atom stereocenters. The topological polar surface area (TPSA) is 9.23 Å². The van der Waals surface area contributed by atoms with E-state index in [1.165, 1.54) is 59.9 Å². The fourth-order valence-electron chi connectivity index (χ4n) is 3.42. The molecular weight excluding hydrogens is 340 g/mol. The highest BCUT2D eigenvalue weighted by Gasteiger charge is 2.02. The molecule has 0 unspecified atom stereocenters. The molecule has 0 aromatic heterocycles. The minimum atomic E-state index is 0.816. The van der Waals surface area contributed by atoms with Crippen LogP contribution in [0, 0.1) is 6.92 Å². The van der Waals surface area contributed by atoms with Gasteiger partial charge in [-0.3, -0.25) is 0 Å². The van der Waals surface area contributed by atoms with Crippen LogP contribution in [-0.2, 0) is 0 Å². The molecule has 0 saturated heterocycles. The highest BCUT2D eigenvalue weighted by atomic mass is 16.5. The maximum absolute atomic E-state index is 5.89. The van der Waals surface area contributed by atoms with E-state index < -0.39 is 0 Å². The van der Waals surface area contributed by atoms with Crippen LogP contribution in [0.3, 0.4) is 0 Å². The summed E-state index contributed by atoms with van der Waals surface area (Å²) in [6.07, 6.45) is 7.76. The van der Waals surface area contributed by atoms with Gasteiger partial charge in [-0.1, -0.05) is 105 Å². The monoisotopic (exact) mass is 372 g/mol. The van der Waals surface area contributed by atoms with Crippen molar-refractivity contribution in [3.63, 3.8) is 0 Å². The summed E-state index contributed by atoms with van der Waals surface area (Å²) in [5, 5.41) is 0. The van der Waals surface area contributed by atoms with Crippen molar-refractivity contribution in [2.24, 2.45) is 0 Å².